The van der Waals surface area contributed by atoms with Crippen LogP contribution in [-0.2, 0) is 4.79 Å². The van der Waals surface area contributed by atoms with Crippen LogP contribution in [0.3, 0.4) is 0 Å². The fourth-order valence-electron chi connectivity index (χ4n) is 2.41. The maximum absolute atomic E-state index is 12.7. The molecule has 2 heterocycles. The van der Waals surface area contributed by atoms with E-state index in [1.54, 1.807) is 23.9 Å². The molecule has 3 rings (SSSR count). The van der Waals surface area contributed by atoms with E-state index in [4.69, 9.17) is 4.42 Å². The first-order valence-corrected chi connectivity index (χ1v) is 10.6. The standard InChI is InChI=1S/C19H19N3O3S2/c1-26-11-9-14(20-18(24)16-8-5-10-25-16)17(23)22-19-21-15(12-27-19)13-6-3-2-4-7-13/h2-8,10,12,14H,9,11H2,1H3,(H,20,24)(H,21,22,23)/t14-/m1/s1. The molecule has 0 aliphatic heterocycles. The lowest BCUT2D eigenvalue weighted by Gasteiger charge is -2.16. The van der Waals surface area contributed by atoms with Crippen molar-refractivity contribution in [1.29, 1.82) is 0 Å². The molecule has 0 aliphatic rings. The molecule has 2 amide bonds. The Labute approximate surface area is 165 Å². The van der Waals surface area contributed by atoms with E-state index in [-0.39, 0.29) is 11.7 Å². The summed E-state index contributed by atoms with van der Waals surface area (Å²) in [5, 5.41) is 7.93. The van der Waals surface area contributed by atoms with E-state index in [1.807, 2.05) is 42.0 Å². The molecule has 0 spiro atoms. The van der Waals surface area contributed by atoms with Gasteiger partial charge in [0.05, 0.1) is 12.0 Å². The summed E-state index contributed by atoms with van der Waals surface area (Å²) < 4.78 is 5.09. The van der Waals surface area contributed by atoms with Crippen LogP contribution in [0.1, 0.15) is 17.0 Å². The number of carbonyl (C=O) groups is 2. The highest BCUT2D eigenvalue weighted by Gasteiger charge is 2.23. The maximum atomic E-state index is 12.7. The lowest BCUT2D eigenvalue weighted by atomic mass is 10.2. The van der Waals surface area contributed by atoms with Gasteiger partial charge in [0.25, 0.3) is 5.91 Å². The predicted molar refractivity (Wildman–Crippen MR) is 109 cm³/mol. The smallest absolute Gasteiger partial charge is 0.287 e. The Hall–Kier alpha value is -2.58. The number of rotatable bonds is 8. The number of hydrogen-bond donors (Lipinski definition) is 2. The molecule has 2 N–H and O–H groups in total. The first kappa shape index (κ1) is 19.2. The Morgan fingerprint density at radius 1 is 1.22 bits per heavy atom. The van der Waals surface area contributed by atoms with Gasteiger partial charge < -0.3 is 15.1 Å². The van der Waals surface area contributed by atoms with Gasteiger partial charge in [-0.2, -0.15) is 11.8 Å². The van der Waals surface area contributed by atoms with Crippen LogP contribution in [0.15, 0.2) is 58.5 Å². The number of carbonyl (C=O) groups excluding carboxylic acids is 2. The maximum Gasteiger partial charge on any atom is 0.287 e. The molecule has 0 saturated heterocycles. The van der Waals surface area contributed by atoms with Gasteiger partial charge in [0.1, 0.15) is 6.04 Å². The Kier molecular flexibility index (Phi) is 6.67. The third kappa shape index (κ3) is 5.21. The minimum Gasteiger partial charge on any atom is -0.459 e. The van der Waals surface area contributed by atoms with E-state index in [2.05, 4.69) is 15.6 Å². The van der Waals surface area contributed by atoms with Gasteiger partial charge >= 0.3 is 0 Å². The Morgan fingerprint density at radius 3 is 2.74 bits per heavy atom. The van der Waals surface area contributed by atoms with Gasteiger partial charge in [-0.1, -0.05) is 30.3 Å². The normalized spacial score (nSPS) is 11.7. The topological polar surface area (TPSA) is 84.2 Å². The number of amides is 2. The Morgan fingerprint density at radius 2 is 2.04 bits per heavy atom. The third-order valence-corrected chi connectivity index (χ3v) is 5.18. The molecule has 140 valence electrons. The summed E-state index contributed by atoms with van der Waals surface area (Å²) in [6.45, 7) is 0. The molecule has 1 aromatic carbocycles. The number of thioether (sulfide) groups is 1. The van der Waals surface area contributed by atoms with E-state index >= 15 is 0 Å². The van der Waals surface area contributed by atoms with Gasteiger partial charge in [0, 0.05) is 10.9 Å². The molecule has 0 radical (unpaired) electrons. The quantitative estimate of drug-likeness (QED) is 0.598. The molecular formula is C19H19N3O3S2. The molecule has 3 aromatic rings. The van der Waals surface area contributed by atoms with Crippen LogP contribution in [0.4, 0.5) is 5.13 Å². The molecule has 0 fully saturated rings. The highest BCUT2D eigenvalue weighted by atomic mass is 32.2. The number of anilines is 1. The fraction of sp³-hybridized carbons (Fsp3) is 0.211. The number of benzene rings is 1. The molecule has 27 heavy (non-hydrogen) atoms. The van der Waals surface area contributed by atoms with Gasteiger partial charge in [-0.3, -0.25) is 9.59 Å². The average molecular weight is 402 g/mol. The van der Waals surface area contributed by atoms with E-state index in [1.165, 1.54) is 17.6 Å². The summed E-state index contributed by atoms with van der Waals surface area (Å²) in [7, 11) is 0. The second-order valence-electron chi connectivity index (χ2n) is 5.68. The summed E-state index contributed by atoms with van der Waals surface area (Å²) in [5.74, 6) is 0.213. The van der Waals surface area contributed by atoms with Crippen LogP contribution in [0.2, 0.25) is 0 Å². The second kappa shape index (κ2) is 9.38. The van der Waals surface area contributed by atoms with Gasteiger partial charge in [-0.25, -0.2) is 4.98 Å². The molecule has 1 atom stereocenters. The van der Waals surface area contributed by atoms with Crippen molar-refractivity contribution in [1.82, 2.24) is 10.3 Å². The molecule has 6 nitrogen and oxygen atoms in total. The van der Waals surface area contributed by atoms with Crippen LogP contribution in [0.5, 0.6) is 0 Å². The second-order valence-corrected chi connectivity index (χ2v) is 7.52. The molecule has 0 unspecified atom stereocenters. The predicted octanol–water partition coefficient (Wildman–Crippen LogP) is 3.89. The van der Waals surface area contributed by atoms with Crippen molar-refractivity contribution in [3.05, 3.63) is 59.9 Å². The van der Waals surface area contributed by atoms with Crippen molar-refractivity contribution >= 4 is 40.0 Å². The van der Waals surface area contributed by atoms with Gasteiger partial charge in [0.15, 0.2) is 10.9 Å². The Bertz CT molecular complexity index is 879. The summed E-state index contributed by atoms with van der Waals surface area (Å²) in [5.41, 5.74) is 1.79. The van der Waals surface area contributed by atoms with E-state index in [9.17, 15) is 9.59 Å². The van der Waals surface area contributed by atoms with Crippen LogP contribution in [-0.4, -0.2) is 34.8 Å². The number of nitrogens with zero attached hydrogens (tertiary/aromatic N) is 1. The van der Waals surface area contributed by atoms with Crippen molar-refractivity contribution in [3.63, 3.8) is 0 Å². The number of furan rings is 1. The first-order chi connectivity index (χ1) is 13.2. The third-order valence-electron chi connectivity index (χ3n) is 3.78. The van der Waals surface area contributed by atoms with E-state index in [0.29, 0.717) is 11.6 Å². The first-order valence-electron chi connectivity index (χ1n) is 8.32. The number of nitrogens with one attached hydrogen (secondary N) is 2. The minimum atomic E-state index is -0.667. The van der Waals surface area contributed by atoms with Crippen molar-refractivity contribution in [2.45, 2.75) is 12.5 Å². The monoisotopic (exact) mass is 401 g/mol. The molecule has 0 saturated carbocycles. The van der Waals surface area contributed by atoms with Crippen molar-refractivity contribution in [3.8, 4) is 11.3 Å². The highest BCUT2D eigenvalue weighted by Crippen LogP contribution is 2.24. The summed E-state index contributed by atoms with van der Waals surface area (Å²) in [6.07, 6.45) is 3.89. The van der Waals surface area contributed by atoms with Crippen molar-refractivity contribution in [2.24, 2.45) is 0 Å². The van der Waals surface area contributed by atoms with E-state index < -0.39 is 11.9 Å². The van der Waals surface area contributed by atoms with Crippen LogP contribution >= 0.6 is 23.1 Å². The summed E-state index contributed by atoms with van der Waals surface area (Å²) in [4.78, 5) is 29.4. The molecule has 0 bridgehead atoms. The number of aromatic nitrogens is 1. The van der Waals surface area contributed by atoms with Crippen LogP contribution in [0.25, 0.3) is 11.3 Å². The minimum absolute atomic E-state index is 0.178. The zero-order valence-electron chi connectivity index (χ0n) is 14.7. The van der Waals surface area contributed by atoms with Crippen molar-refractivity contribution < 1.29 is 14.0 Å². The zero-order chi connectivity index (χ0) is 19.1. The lowest BCUT2D eigenvalue weighted by Crippen LogP contribution is -2.44. The summed E-state index contributed by atoms with van der Waals surface area (Å²) in [6, 6.07) is 12.3. The SMILES string of the molecule is CSCC[C@@H](NC(=O)c1ccco1)C(=O)Nc1nc(-c2ccccc2)cs1. The van der Waals surface area contributed by atoms with Crippen molar-refractivity contribution in [2.75, 3.05) is 17.3 Å². The summed E-state index contributed by atoms with van der Waals surface area (Å²) >= 11 is 2.96. The zero-order valence-corrected chi connectivity index (χ0v) is 16.3. The van der Waals surface area contributed by atoms with Crippen LogP contribution < -0.4 is 10.6 Å². The van der Waals surface area contributed by atoms with Gasteiger partial charge in [0.2, 0.25) is 5.91 Å². The number of hydrogen-bond acceptors (Lipinski definition) is 6. The molecule has 8 heteroatoms. The highest BCUT2D eigenvalue weighted by molar-refractivity contribution is 7.98. The molecular weight excluding hydrogens is 382 g/mol. The molecule has 2 aromatic heterocycles. The van der Waals surface area contributed by atoms with Crippen LogP contribution in [0, 0.1) is 0 Å². The van der Waals surface area contributed by atoms with Gasteiger partial charge in [-0.05, 0) is 30.6 Å². The fourth-order valence-corrected chi connectivity index (χ4v) is 3.60. The average Bonchev–Trinajstić information content (AvgIpc) is 3.37. The van der Waals surface area contributed by atoms with Gasteiger partial charge in [-0.15, -0.1) is 11.3 Å². The molecule has 0 aliphatic carbocycles. The lowest BCUT2D eigenvalue weighted by molar-refractivity contribution is -0.118. The largest absolute Gasteiger partial charge is 0.459 e. The number of thiazole rings is 1. The Balaban J connectivity index is 1.67. The van der Waals surface area contributed by atoms with E-state index in [0.717, 1.165) is 17.0 Å².